The van der Waals surface area contributed by atoms with Gasteiger partial charge in [-0.3, -0.25) is 4.79 Å². The van der Waals surface area contributed by atoms with Gasteiger partial charge < -0.3 is 10.2 Å². The summed E-state index contributed by atoms with van der Waals surface area (Å²) in [7, 11) is 0. The van der Waals surface area contributed by atoms with Crippen molar-refractivity contribution in [3.8, 4) is 0 Å². The number of aliphatic hydroxyl groups is 2. The van der Waals surface area contributed by atoms with E-state index in [1.54, 1.807) is 6.92 Å². The molecule has 0 saturated heterocycles. The molecule has 1 unspecified atom stereocenters. The van der Waals surface area contributed by atoms with Crippen molar-refractivity contribution < 1.29 is 15.0 Å². The van der Waals surface area contributed by atoms with E-state index in [0.29, 0.717) is 12.8 Å². The number of hydrogen-bond acceptors (Lipinski definition) is 3. The zero-order chi connectivity index (χ0) is 8.43. The molecule has 1 rings (SSSR count). The van der Waals surface area contributed by atoms with Crippen LogP contribution in [0.1, 0.15) is 26.2 Å². The second-order valence-electron chi connectivity index (χ2n) is 3.26. The highest BCUT2D eigenvalue weighted by atomic mass is 16.3. The van der Waals surface area contributed by atoms with Crippen molar-refractivity contribution in [2.45, 2.75) is 38.4 Å². The Bertz CT molecular complexity index is 153. The molecule has 2 N–H and O–H groups in total. The molecule has 0 radical (unpaired) electrons. The maximum atomic E-state index is 10.8. The van der Waals surface area contributed by atoms with Gasteiger partial charge >= 0.3 is 0 Å². The monoisotopic (exact) mass is 158 g/mol. The third-order valence-electron chi connectivity index (χ3n) is 2.16. The average Bonchev–Trinajstić information content (AvgIpc) is 1.82. The van der Waals surface area contributed by atoms with Gasteiger partial charge in [-0.25, -0.2) is 0 Å². The van der Waals surface area contributed by atoms with Crippen molar-refractivity contribution in [2.75, 3.05) is 0 Å². The third-order valence-corrected chi connectivity index (χ3v) is 2.16. The fourth-order valence-electron chi connectivity index (χ4n) is 1.35. The van der Waals surface area contributed by atoms with E-state index < -0.39 is 12.2 Å². The molecule has 3 heteroatoms. The van der Waals surface area contributed by atoms with Gasteiger partial charge in [0.1, 0.15) is 5.78 Å². The summed E-state index contributed by atoms with van der Waals surface area (Å²) in [6.07, 6.45) is 0.555. The molecule has 3 atom stereocenters. The summed E-state index contributed by atoms with van der Waals surface area (Å²) in [6, 6.07) is 0. The number of Topliss-reactive ketones (excluding diaryl/α,β-unsaturated/α-hetero) is 1. The van der Waals surface area contributed by atoms with Gasteiger partial charge in [-0.2, -0.15) is 0 Å². The molecule has 1 aliphatic rings. The summed E-state index contributed by atoms with van der Waals surface area (Å²) in [5.41, 5.74) is 0. The minimum absolute atomic E-state index is 0.137. The lowest BCUT2D eigenvalue weighted by Gasteiger charge is -2.29. The Kier molecular flexibility index (Phi) is 2.62. The molecule has 64 valence electrons. The fourth-order valence-corrected chi connectivity index (χ4v) is 1.35. The van der Waals surface area contributed by atoms with Crippen LogP contribution < -0.4 is 0 Å². The van der Waals surface area contributed by atoms with Crippen molar-refractivity contribution in [3.63, 3.8) is 0 Å². The first-order valence-corrected chi connectivity index (χ1v) is 4.00. The van der Waals surface area contributed by atoms with Crippen molar-refractivity contribution in [2.24, 2.45) is 5.92 Å². The lowest BCUT2D eigenvalue weighted by atomic mass is 9.78. The lowest BCUT2D eigenvalue weighted by molar-refractivity contribution is -0.135. The Morgan fingerprint density at radius 3 is 2.55 bits per heavy atom. The van der Waals surface area contributed by atoms with Crippen LogP contribution in [0.25, 0.3) is 0 Å². The molecular weight excluding hydrogens is 144 g/mol. The summed E-state index contributed by atoms with van der Waals surface area (Å²) >= 11 is 0. The van der Waals surface area contributed by atoms with Crippen molar-refractivity contribution >= 4 is 5.78 Å². The molecular formula is C8H14O3. The number of ketones is 1. The van der Waals surface area contributed by atoms with Crippen molar-refractivity contribution in [1.29, 1.82) is 0 Å². The number of aliphatic hydroxyl groups excluding tert-OH is 2. The van der Waals surface area contributed by atoms with Gasteiger partial charge in [0.25, 0.3) is 0 Å². The minimum atomic E-state index is -0.628. The van der Waals surface area contributed by atoms with Gasteiger partial charge in [0, 0.05) is 12.3 Å². The Morgan fingerprint density at radius 1 is 1.64 bits per heavy atom. The van der Waals surface area contributed by atoms with E-state index in [0.717, 1.165) is 6.42 Å². The Morgan fingerprint density at radius 2 is 2.27 bits per heavy atom. The molecule has 0 aromatic rings. The van der Waals surface area contributed by atoms with Gasteiger partial charge in [0.15, 0.2) is 0 Å². The van der Waals surface area contributed by atoms with E-state index in [9.17, 15) is 9.90 Å². The smallest absolute Gasteiger partial charge is 0.138 e. The summed E-state index contributed by atoms with van der Waals surface area (Å²) in [6.45, 7) is 1.62. The van der Waals surface area contributed by atoms with Crippen LogP contribution in [0.3, 0.4) is 0 Å². The minimum Gasteiger partial charge on any atom is -0.393 e. The van der Waals surface area contributed by atoms with Crippen LogP contribution in [0.15, 0.2) is 0 Å². The van der Waals surface area contributed by atoms with Crippen molar-refractivity contribution in [3.05, 3.63) is 0 Å². The third kappa shape index (κ3) is 2.01. The normalized spacial score (nSPS) is 29.4. The number of carbonyl (C=O) groups excluding carboxylic acids is 1. The molecule has 0 aromatic carbocycles. The van der Waals surface area contributed by atoms with Gasteiger partial charge in [-0.1, -0.05) is 0 Å². The Labute approximate surface area is 66.0 Å². The number of hydrogen-bond donors (Lipinski definition) is 2. The van der Waals surface area contributed by atoms with Crippen LogP contribution in [-0.4, -0.2) is 28.2 Å². The zero-order valence-electron chi connectivity index (χ0n) is 6.66. The zero-order valence-corrected chi connectivity index (χ0v) is 6.66. The highest BCUT2D eigenvalue weighted by Crippen LogP contribution is 2.27. The highest BCUT2D eigenvalue weighted by molar-refractivity contribution is 5.86. The summed E-state index contributed by atoms with van der Waals surface area (Å²) in [5, 5.41) is 18.2. The standard InChI is InChI=1S/C8H14O3/c1-5(9)4-8(11)6-2-3-7(6)10/h5-6,8-9,11H,2-4H2,1H3/t5-,6?,8+/m0/s1. The SMILES string of the molecule is C[C@H](O)C[C@@H](O)C1CCC1=O. The summed E-state index contributed by atoms with van der Waals surface area (Å²) in [4.78, 5) is 10.8. The van der Waals surface area contributed by atoms with Crippen molar-refractivity contribution in [1.82, 2.24) is 0 Å². The maximum Gasteiger partial charge on any atom is 0.138 e. The first kappa shape index (κ1) is 8.68. The maximum absolute atomic E-state index is 10.8. The number of rotatable bonds is 3. The van der Waals surface area contributed by atoms with Gasteiger partial charge in [0.05, 0.1) is 12.2 Å². The van der Waals surface area contributed by atoms with E-state index >= 15 is 0 Å². The van der Waals surface area contributed by atoms with Crippen LogP contribution in [0.5, 0.6) is 0 Å². The van der Waals surface area contributed by atoms with Gasteiger partial charge in [0.2, 0.25) is 0 Å². The molecule has 1 aliphatic carbocycles. The van der Waals surface area contributed by atoms with Crippen LogP contribution in [0.4, 0.5) is 0 Å². The van der Waals surface area contributed by atoms with Crippen LogP contribution >= 0.6 is 0 Å². The average molecular weight is 158 g/mol. The van der Waals surface area contributed by atoms with E-state index in [1.807, 2.05) is 0 Å². The fraction of sp³-hybridized carbons (Fsp3) is 0.875. The Balaban J connectivity index is 2.29. The first-order chi connectivity index (χ1) is 5.11. The highest BCUT2D eigenvalue weighted by Gasteiger charge is 2.34. The lowest BCUT2D eigenvalue weighted by Crippen LogP contribution is -2.37. The summed E-state index contributed by atoms with van der Waals surface area (Å²) in [5.74, 6) is -0.0530. The molecule has 0 aromatic heterocycles. The quantitative estimate of drug-likeness (QED) is 0.612. The van der Waals surface area contributed by atoms with E-state index in [4.69, 9.17) is 5.11 Å². The second-order valence-corrected chi connectivity index (χ2v) is 3.26. The predicted molar refractivity (Wildman–Crippen MR) is 40.0 cm³/mol. The van der Waals surface area contributed by atoms with Gasteiger partial charge in [-0.05, 0) is 19.8 Å². The predicted octanol–water partition coefficient (Wildman–Crippen LogP) is 0.0973. The molecule has 0 amide bonds. The molecule has 1 saturated carbocycles. The van der Waals surface area contributed by atoms with Gasteiger partial charge in [-0.15, -0.1) is 0 Å². The van der Waals surface area contributed by atoms with Crippen LogP contribution in [0.2, 0.25) is 0 Å². The number of carbonyl (C=O) groups is 1. The Hall–Kier alpha value is -0.410. The molecule has 0 heterocycles. The van der Waals surface area contributed by atoms with E-state index in [-0.39, 0.29) is 11.7 Å². The van der Waals surface area contributed by atoms with Crippen LogP contribution in [-0.2, 0) is 4.79 Å². The molecule has 1 fully saturated rings. The summed E-state index contributed by atoms with van der Waals surface area (Å²) < 4.78 is 0. The first-order valence-electron chi connectivity index (χ1n) is 4.00. The molecule has 11 heavy (non-hydrogen) atoms. The largest absolute Gasteiger partial charge is 0.393 e. The molecule has 3 nitrogen and oxygen atoms in total. The van der Waals surface area contributed by atoms with E-state index in [2.05, 4.69) is 0 Å². The topological polar surface area (TPSA) is 57.5 Å². The van der Waals surface area contributed by atoms with E-state index in [1.165, 1.54) is 0 Å². The van der Waals surface area contributed by atoms with Crippen LogP contribution in [0, 0.1) is 5.92 Å². The molecule has 0 bridgehead atoms. The second kappa shape index (κ2) is 3.32. The molecule has 0 spiro atoms. The molecule has 0 aliphatic heterocycles.